The molecule has 1 saturated heterocycles. The predicted molar refractivity (Wildman–Crippen MR) is 113 cm³/mol. The molecule has 148 valence electrons. The zero-order valence-corrected chi connectivity index (χ0v) is 17.2. The molecule has 1 amide bonds. The van der Waals surface area contributed by atoms with Crippen LogP contribution in [0.3, 0.4) is 0 Å². The number of H-pyrrole nitrogens is 1. The van der Waals surface area contributed by atoms with E-state index in [9.17, 15) is 4.79 Å². The van der Waals surface area contributed by atoms with Crippen LogP contribution in [0.2, 0.25) is 0 Å². The van der Waals surface area contributed by atoms with Crippen LogP contribution in [0.15, 0.2) is 36.0 Å². The molecule has 0 bridgehead atoms. The first-order valence-electron chi connectivity index (χ1n) is 9.78. The lowest BCUT2D eigenvalue weighted by Gasteiger charge is -2.32. The second-order valence-corrected chi connectivity index (χ2v) is 8.45. The van der Waals surface area contributed by atoms with E-state index in [1.54, 1.807) is 22.2 Å². The molecule has 1 aliphatic heterocycles. The third kappa shape index (κ3) is 3.13. The van der Waals surface area contributed by atoms with E-state index in [2.05, 4.69) is 15.1 Å². The number of rotatable bonds is 3. The molecular formula is C21H22N6OS. The lowest BCUT2D eigenvalue weighted by atomic mass is 9.96. The SMILES string of the molecule is Cc1nn(C)c2nc(-c3cccs3)cc(C(=O)N3CCCC(c4ncc[nH]4)C3)c12. The predicted octanol–water partition coefficient (Wildman–Crippen LogP) is 3.75. The van der Waals surface area contributed by atoms with Gasteiger partial charge in [0.1, 0.15) is 5.82 Å². The number of nitrogens with zero attached hydrogens (tertiary/aromatic N) is 5. The van der Waals surface area contributed by atoms with Crippen molar-refractivity contribution in [1.29, 1.82) is 0 Å². The average Bonchev–Trinajstić information content (AvgIpc) is 3.50. The number of imidazole rings is 1. The summed E-state index contributed by atoms with van der Waals surface area (Å²) in [5.74, 6) is 1.24. The Kier molecular flexibility index (Phi) is 4.43. The van der Waals surface area contributed by atoms with Gasteiger partial charge in [0, 0.05) is 38.4 Å². The number of amides is 1. The Morgan fingerprint density at radius 2 is 2.28 bits per heavy atom. The van der Waals surface area contributed by atoms with Crippen molar-refractivity contribution in [1.82, 2.24) is 29.6 Å². The molecule has 0 radical (unpaired) electrons. The summed E-state index contributed by atoms with van der Waals surface area (Å²) < 4.78 is 1.76. The molecule has 4 aromatic rings. The standard InChI is InChI=1S/C21H22N6OS/c1-13-18-15(11-16(17-6-4-10-29-17)24-20(18)26(2)25-13)21(28)27-9-3-5-14(12-27)19-22-7-8-23-19/h4,6-8,10-11,14H,3,5,9,12H2,1-2H3,(H,22,23). The Hall–Kier alpha value is -3.00. The number of aromatic nitrogens is 5. The summed E-state index contributed by atoms with van der Waals surface area (Å²) in [6.45, 7) is 3.37. The first kappa shape index (κ1) is 18.1. The third-order valence-electron chi connectivity index (χ3n) is 5.59. The maximum atomic E-state index is 13.6. The van der Waals surface area contributed by atoms with E-state index in [4.69, 9.17) is 4.98 Å². The number of thiophene rings is 1. The lowest BCUT2D eigenvalue weighted by Crippen LogP contribution is -2.39. The average molecular weight is 407 g/mol. The van der Waals surface area contributed by atoms with Crippen LogP contribution in [0.25, 0.3) is 21.6 Å². The summed E-state index contributed by atoms with van der Waals surface area (Å²) in [6.07, 6.45) is 5.62. The van der Waals surface area contributed by atoms with Crippen molar-refractivity contribution in [2.45, 2.75) is 25.7 Å². The molecule has 1 aliphatic rings. The van der Waals surface area contributed by atoms with Crippen LogP contribution in [-0.4, -0.2) is 48.6 Å². The van der Waals surface area contributed by atoms with Gasteiger partial charge in [0.15, 0.2) is 5.65 Å². The molecule has 1 atom stereocenters. The van der Waals surface area contributed by atoms with E-state index >= 15 is 0 Å². The Balaban J connectivity index is 1.57. The molecule has 1 unspecified atom stereocenters. The first-order valence-corrected chi connectivity index (χ1v) is 10.7. The Labute approximate surface area is 172 Å². The number of hydrogen-bond donors (Lipinski definition) is 1. The summed E-state index contributed by atoms with van der Waals surface area (Å²) in [6, 6.07) is 5.96. The minimum absolute atomic E-state index is 0.0440. The minimum atomic E-state index is 0.0440. The first-order chi connectivity index (χ1) is 14.1. The number of fused-ring (bicyclic) bond motifs is 1. The Morgan fingerprint density at radius 3 is 3.03 bits per heavy atom. The van der Waals surface area contributed by atoms with Gasteiger partial charge >= 0.3 is 0 Å². The number of carbonyl (C=O) groups excluding carboxylic acids is 1. The Bertz CT molecular complexity index is 1160. The smallest absolute Gasteiger partial charge is 0.254 e. The summed E-state index contributed by atoms with van der Waals surface area (Å²) in [5, 5.41) is 7.40. The summed E-state index contributed by atoms with van der Waals surface area (Å²) in [4.78, 5) is 29.1. The number of hydrogen-bond acceptors (Lipinski definition) is 5. The molecule has 5 rings (SSSR count). The van der Waals surface area contributed by atoms with Crippen LogP contribution in [-0.2, 0) is 7.05 Å². The number of nitrogens with one attached hydrogen (secondary N) is 1. The fourth-order valence-corrected chi connectivity index (χ4v) is 4.91. The van der Waals surface area contributed by atoms with Gasteiger partial charge in [-0.25, -0.2) is 9.97 Å². The van der Waals surface area contributed by atoms with Crippen LogP contribution < -0.4 is 0 Å². The van der Waals surface area contributed by atoms with Gasteiger partial charge in [-0.05, 0) is 37.3 Å². The summed E-state index contributed by atoms with van der Waals surface area (Å²) in [7, 11) is 1.88. The fraction of sp³-hybridized carbons (Fsp3) is 0.333. The van der Waals surface area contributed by atoms with Crippen molar-refractivity contribution < 1.29 is 4.79 Å². The molecule has 1 N–H and O–H groups in total. The minimum Gasteiger partial charge on any atom is -0.348 e. The van der Waals surface area contributed by atoms with Gasteiger partial charge in [0.25, 0.3) is 5.91 Å². The topological polar surface area (TPSA) is 79.7 Å². The number of pyridine rings is 1. The van der Waals surface area contributed by atoms with Gasteiger partial charge < -0.3 is 9.88 Å². The molecule has 7 nitrogen and oxygen atoms in total. The molecule has 4 aromatic heterocycles. The van der Waals surface area contributed by atoms with Crippen LogP contribution in [0.4, 0.5) is 0 Å². The van der Waals surface area contributed by atoms with Crippen molar-refractivity contribution >= 4 is 28.3 Å². The number of aromatic amines is 1. The van der Waals surface area contributed by atoms with E-state index in [-0.39, 0.29) is 11.8 Å². The fourth-order valence-electron chi connectivity index (χ4n) is 4.22. The molecule has 5 heterocycles. The number of aryl methyl sites for hydroxylation is 2. The molecule has 8 heteroatoms. The zero-order chi connectivity index (χ0) is 20.0. The van der Waals surface area contributed by atoms with Crippen LogP contribution in [0.5, 0.6) is 0 Å². The molecule has 0 spiro atoms. The van der Waals surface area contributed by atoms with E-state index in [0.29, 0.717) is 12.1 Å². The second kappa shape index (κ2) is 7.11. The largest absolute Gasteiger partial charge is 0.348 e. The highest BCUT2D eigenvalue weighted by molar-refractivity contribution is 7.13. The van der Waals surface area contributed by atoms with E-state index in [1.807, 2.05) is 48.6 Å². The summed E-state index contributed by atoms with van der Waals surface area (Å²) in [5.41, 5.74) is 3.08. The Morgan fingerprint density at radius 1 is 1.38 bits per heavy atom. The van der Waals surface area contributed by atoms with Crippen LogP contribution >= 0.6 is 11.3 Å². The molecule has 0 aliphatic carbocycles. The molecule has 0 saturated carbocycles. The number of piperidine rings is 1. The number of likely N-dealkylation sites (tertiary alicyclic amines) is 1. The van der Waals surface area contributed by atoms with E-state index in [1.165, 1.54) is 0 Å². The van der Waals surface area contributed by atoms with Crippen molar-refractivity contribution in [2.75, 3.05) is 13.1 Å². The maximum absolute atomic E-state index is 13.6. The van der Waals surface area contributed by atoms with E-state index in [0.717, 1.165) is 52.5 Å². The second-order valence-electron chi connectivity index (χ2n) is 7.50. The molecule has 29 heavy (non-hydrogen) atoms. The van der Waals surface area contributed by atoms with Crippen molar-refractivity contribution in [3.05, 3.63) is 53.1 Å². The van der Waals surface area contributed by atoms with Gasteiger partial charge in [-0.2, -0.15) is 5.10 Å². The highest BCUT2D eigenvalue weighted by Crippen LogP contribution is 2.31. The van der Waals surface area contributed by atoms with Gasteiger partial charge in [-0.1, -0.05) is 6.07 Å². The molecule has 1 fully saturated rings. The summed E-state index contributed by atoms with van der Waals surface area (Å²) >= 11 is 1.62. The highest BCUT2D eigenvalue weighted by Gasteiger charge is 2.29. The maximum Gasteiger partial charge on any atom is 0.254 e. The molecule has 0 aromatic carbocycles. The lowest BCUT2D eigenvalue weighted by molar-refractivity contribution is 0.0706. The zero-order valence-electron chi connectivity index (χ0n) is 16.4. The third-order valence-corrected chi connectivity index (χ3v) is 6.48. The van der Waals surface area contributed by atoms with E-state index < -0.39 is 0 Å². The highest BCUT2D eigenvalue weighted by atomic mass is 32.1. The van der Waals surface area contributed by atoms with Crippen molar-refractivity contribution in [2.24, 2.45) is 7.05 Å². The van der Waals surface area contributed by atoms with Crippen LogP contribution in [0, 0.1) is 6.92 Å². The monoisotopic (exact) mass is 406 g/mol. The normalized spacial score (nSPS) is 17.2. The van der Waals surface area contributed by atoms with Gasteiger partial charge in [0.05, 0.1) is 27.2 Å². The van der Waals surface area contributed by atoms with Gasteiger partial charge in [-0.3, -0.25) is 9.48 Å². The molecular weight excluding hydrogens is 384 g/mol. The number of carbonyl (C=O) groups is 1. The van der Waals surface area contributed by atoms with Crippen molar-refractivity contribution in [3.8, 4) is 10.6 Å². The van der Waals surface area contributed by atoms with Gasteiger partial charge in [-0.15, -0.1) is 11.3 Å². The van der Waals surface area contributed by atoms with Crippen LogP contribution in [0.1, 0.15) is 40.6 Å². The van der Waals surface area contributed by atoms with Gasteiger partial charge in [0.2, 0.25) is 0 Å². The van der Waals surface area contributed by atoms with Crippen molar-refractivity contribution in [3.63, 3.8) is 0 Å². The quantitative estimate of drug-likeness (QED) is 0.562.